The van der Waals surface area contributed by atoms with Crippen LogP contribution in [0.1, 0.15) is 47.2 Å². The zero-order valence-electron chi connectivity index (χ0n) is 22.2. The van der Waals surface area contributed by atoms with Crippen molar-refractivity contribution in [2.24, 2.45) is 0 Å². The summed E-state index contributed by atoms with van der Waals surface area (Å²) in [5.41, 5.74) is 1.17. The fourth-order valence-corrected chi connectivity index (χ4v) is 7.33. The van der Waals surface area contributed by atoms with Gasteiger partial charge in [0.1, 0.15) is 29.6 Å². The van der Waals surface area contributed by atoms with Gasteiger partial charge in [0.05, 0.1) is 22.7 Å². The molecule has 3 atom stereocenters. The Balaban J connectivity index is 1.47. The summed E-state index contributed by atoms with van der Waals surface area (Å²) in [5, 5.41) is 5.94. The molecule has 2 fully saturated rings. The van der Waals surface area contributed by atoms with Crippen molar-refractivity contribution < 1.29 is 23.0 Å². The highest BCUT2D eigenvalue weighted by Crippen LogP contribution is 2.54. The summed E-state index contributed by atoms with van der Waals surface area (Å²) in [5.74, 6) is -1.25. The first-order valence-corrected chi connectivity index (χ1v) is 14.3. The lowest BCUT2D eigenvalue weighted by Gasteiger charge is -2.35. The average Bonchev–Trinajstić information content (AvgIpc) is 3.74. The molecular formula is C31H30ClF2N3O3. The number of carbonyl (C=O) groups is 1. The van der Waals surface area contributed by atoms with Crippen LogP contribution >= 0.6 is 11.6 Å². The van der Waals surface area contributed by atoms with Crippen LogP contribution in [0, 0.1) is 11.6 Å². The third kappa shape index (κ3) is 3.72. The Morgan fingerprint density at radius 1 is 1.12 bits per heavy atom. The van der Waals surface area contributed by atoms with E-state index in [-0.39, 0.29) is 33.8 Å². The van der Waals surface area contributed by atoms with E-state index in [0.717, 1.165) is 37.8 Å². The fraction of sp³-hybridized carbons (Fsp3) is 0.387. The van der Waals surface area contributed by atoms with Crippen LogP contribution in [0.4, 0.5) is 14.5 Å². The van der Waals surface area contributed by atoms with E-state index in [1.54, 1.807) is 6.07 Å². The van der Waals surface area contributed by atoms with E-state index in [4.69, 9.17) is 21.1 Å². The molecule has 0 saturated carbocycles. The number of fused-ring (bicyclic) bond motifs is 4. The van der Waals surface area contributed by atoms with Crippen molar-refractivity contribution in [1.29, 1.82) is 0 Å². The molecule has 2 N–H and O–H groups in total. The lowest BCUT2D eigenvalue weighted by atomic mass is 9.80. The quantitative estimate of drug-likeness (QED) is 0.432. The van der Waals surface area contributed by atoms with Gasteiger partial charge < -0.3 is 25.0 Å². The summed E-state index contributed by atoms with van der Waals surface area (Å²) in [7, 11) is 1.48. The van der Waals surface area contributed by atoms with E-state index >= 15 is 8.78 Å². The number of carbonyl (C=O) groups excluding carboxylic acids is 1. The monoisotopic (exact) mass is 565 g/mol. The first kappa shape index (κ1) is 25.6. The van der Waals surface area contributed by atoms with E-state index in [0.29, 0.717) is 42.3 Å². The SMILES string of the molecule is CNC(=O)c1cc2c(c(F)c1-c1c(Cl)c(F)cc3c1C[C@](c1ccccc1)([C@@H]1CCCN1)O3)N1CCCC1CO2. The minimum Gasteiger partial charge on any atom is -0.489 e. The molecule has 4 heterocycles. The van der Waals surface area contributed by atoms with Crippen molar-refractivity contribution in [3.63, 3.8) is 0 Å². The van der Waals surface area contributed by atoms with Crippen LogP contribution in [0.5, 0.6) is 11.5 Å². The second kappa shape index (κ2) is 9.63. The maximum atomic E-state index is 16.9. The Morgan fingerprint density at radius 3 is 2.70 bits per heavy atom. The molecule has 0 radical (unpaired) electrons. The highest BCUT2D eigenvalue weighted by Gasteiger charge is 2.50. The number of halogens is 3. The van der Waals surface area contributed by atoms with Gasteiger partial charge in [0.15, 0.2) is 11.4 Å². The Morgan fingerprint density at radius 2 is 1.95 bits per heavy atom. The molecule has 4 aliphatic rings. The van der Waals surface area contributed by atoms with Crippen molar-refractivity contribution in [2.75, 3.05) is 31.6 Å². The van der Waals surface area contributed by atoms with Crippen LogP contribution < -0.4 is 25.0 Å². The molecule has 1 amide bonds. The zero-order chi connectivity index (χ0) is 27.6. The van der Waals surface area contributed by atoms with Crippen molar-refractivity contribution in [3.8, 4) is 22.6 Å². The van der Waals surface area contributed by atoms with Crippen LogP contribution in [0.25, 0.3) is 11.1 Å². The first-order chi connectivity index (χ1) is 19.4. The molecule has 2 saturated heterocycles. The minimum absolute atomic E-state index is 0.0261. The summed E-state index contributed by atoms with van der Waals surface area (Å²) in [4.78, 5) is 15.2. The second-order valence-corrected chi connectivity index (χ2v) is 11.4. The summed E-state index contributed by atoms with van der Waals surface area (Å²) >= 11 is 6.71. The Labute approximate surface area is 236 Å². The van der Waals surface area contributed by atoms with Gasteiger partial charge in [0.25, 0.3) is 5.91 Å². The molecule has 0 aliphatic carbocycles. The van der Waals surface area contributed by atoms with Crippen LogP contribution in [-0.2, 0) is 12.0 Å². The number of nitrogens with one attached hydrogen (secondary N) is 2. The Bertz CT molecular complexity index is 1510. The van der Waals surface area contributed by atoms with Gasteiger partial charge in [-0.15, -0.1) is 0 Å². The molecule has 40 heavy (non-hydrogen) atoms. The molecule has 7 rings (SSSR count). The van der Waals surface area contributed by atoms with Crippen molar-refractivity contribution in [3.05, 3.63) is 75.8 Å². The Kier molecular flexibility index (Phi) is 6.16. The molecule has 3 aromatic carbocycles. The topological polar surface area (TPSA) is 62.8 Å². The summed E-state index contributed by atoms with van der Waals surface area (Å²) < 4.78 is 45.1. The van der Waals surface area contributed by atoms with E-state index in [9.17, 15) is 4.79 Å². The number of hydrogen-bond donors (Lipinski definition) is 2. The molecule has 208 valence electrons. The Hall–Kier alpha value is -3.36. The van der Waals surface area contributed by atoms with Gasteiger partial charge >= 0.3 is 0 Å². The molecule has 0 aromatic heterocycles. The highest BCUT2D eigenvalue weighted by molar-refractivity contribution is 6.34. The normalized spacial score (nSPS) is 24.6. The van der Waals surface area contributed by atoms with E-state index in [1.807, 2.05) is 35.2 Å². The third-order valence-corrected chi connectivity index (χ3v) is 9.30. The number of rotatable bonds is 4. The molecule has 9 heteroatoms. The number of hydrogen-bond acceptors (Lipinski definition) is 5. The predicted octanol–water partition coefficient (Wildman–Crippen LogP) is 5.59. The minimum atomic E-state index is -0.840. The number of anilines is 1. The van der Waals surface area contributed by atoms with Gasteiger partial charge in [-0.2, -0.15) is 0 Å². The zero-order valence-corrected chi connectivity index (χ0v) is 22.9. The van der Waals surface area contributed by atoms with Crippen LogP contribution in [-0.4, -0.2) is 44.7 Å². The molecule has 3 aromatic rings. The lowest BCUT2D eigenvalue weighted by molar-refractivity contribution is 0.0539. The summed E-state index contributed by atoms with van der Waals surface area (Å²) in [6, 6.07) is 12.7. The smallest absolute Gasteiger partial charge is 0.251 e. The van der Waals surface area contributed by atoms with Crippen molar-refractivity contribution in [1.82, 2.24) is 10.6 Å². The molecule has 0 bridgehead atoms. The van der Waals surface area contributed by atoms with Gasteiger partial charge in [-0.05, 0) is 43.9 Å². The van der Waals surface area contributed by atoms with Crippen LogP contribution in [0.2, 0.25) is 5.02 Å². The lowest BCUT2D eigenvalue weighted by Crippen LogP contribution is -2.48. The molecular weight excluding hydrogens is 536 g/mol. The second-order valence-electron chi connectivity index (χ2n) is 11.0. The maximum absolute atomic E-state index is 16.9. The van der Waals surface area contributed by atoms with Crippen LogP contribution in [0.15, 0.2) is 42.5 Å². The van der Waals surface area contributed by atoms with E-state index < -0.39 is 23.1 Å². The number of nitrogens with zero attached hydrogens (tertiary/aromatic N) is 1. The van der Waals surface area contributed by atoms with E-state index in [2.05, 4.69) is 10.6 Å². The van der Waals surface area contributed by atoms with Crippen LogP contribution in [0.3, 0.4) is 0 Å². The van der Waals surface area contributed by atoms with E-state index in [1.165, 1.54) is 13.1 Å². The largest absolute Gasteiger partial charge is 0.489 e. The summed E-state index contributed by atoms with van der Waals surface area (Å²) in [6.07, 6.45) is 4.00. The number of benzene rings is 3. The number of amides is 1. The average molecular weight is 566 g/mol. The molecule has 4 aliphatic heterocycles. The molecule has 1 unspecified atom stereocenters. The summed E-state index contributed by atoms with van der Waals surface area (Å²) in [6.45, 7) is 1.95. The maximum Gasteiger partial charge on any atom is 0.251 e. The highest BCUT2D eigenvalue weighted by atomic mass is 35.5. The molecule has 6 nitrogen and oxygen atoms in total. The van der Waals surface area contributed by atoms with Gasteiger partial charge in [-0.3, -0.25) is 4.79 Å². The van der Waals surface area contributed by atoms with Gasteiger partial charge in [-0.25, -0.2) is 8.78 Å². The van der Waals surface area contributed by atoms with Crippen molar-refractivity contribution in [2.45, 2.75) is 49.8 Å². The molecule has 0 spiro atoms. The van der Waals surface area contributed by atoms with Crippen molar-refractivity contribution >= 4 is 23.2 Å². The van der Waals surface area contributed by atoms with Gasteiger partial charge in [0.2, 0.25) is 0 Å². The standard InChI is InChI=1S/C31H30ClF2N3O3/c1-35-30(38)19-13-23-29(37-12-6-9-18(37)16-39-23)28(34)26(19)25-20-15-31(24-10-5-11-36-24,17-7-3-2-4-8-17)40-22(20)14-21(33)27(25)32/h2-4,7-8,13-14,18,24,36H,5-6,9-12,15-16H2,1H3,(H,35,38)/t18?,24-,31-/m0/s1. The van der Waals surface area contributed by atoms with Gasteiger partial charge in [0, 0.05) is 42.8 Å². The predicted molar refractivity (Wildman–Crippen MR) is 150 cm³/mol. The van der Waals surface area contributed by atoms with Gasteiger partial charge in [-0.1, -0.05) is 41.9 Å². The fourth-order valence-electron chi connectivity index (χ4n) is 7.06. The number of ether oxygens (including phenoxy) is 2. The first-order valence-electron chi connectivity index (χ1n) is 13.9. The third-order valence-electron chi connectivity index (χ3n) is 8.93.